The summed E-state index contributed by atoms with van der Waals surface area (Å²) in [7, 11) is 0. The first-order chi connectivity index (χ1) is 11.5. The third-order valence-electron chi connectivity index (χ3n) is 3.80. The normalized spacial score (nSPS) is 10.6. The number of anilines is 1. The molecule has 1 heterocycles. The van der Waals surface area contributed by atoms with Crippen molar-refractivity contribution in [1.82, 2.24) is 5.32 Å². The minimum absolute atomic E-state index is 0.0547. The minimum Gasteiger partial charge on any atom is -0.342 e. The van der Waals surface area contributed by atoms with Crippen molar-refractivity contribution in [2.24, 2.45) is 0 Å². The fourth-order valence-corrected chi connectivity index (χ4v) is 3.52. The first-order valence-corrected chi connectivity index (χ1v) is 8.49. The molecule has 0 aliphatic rings. The monoisotopic (exact) mass is 338 g/mol. The van der Waals surface area contributed by atoms with Crippen LogP contribution in [-0.2, 0) is 4.79 Å². The summed E-state index contributed by atoms with van der Waals surface area (Å²) in [4.78, 5) is 24.9. The van der Waals surface area contributed by atoms with E-state index >= 15 is 0 Å². The van der Waals surface area contributed by atoms with Crippen molar-refractivity contribution in [1.29, 1.82) is 0 Å². The predicted molar refractivity (Wildman–Crippen MR) is 98.7 cm³/mol. The van der Waals surface area contributed by atoms with Gasteiger partial charge < -0.3 is 10.6 Å². The number of hydrogen-bond acceptors (Lipinski definition) is 3. The van der Waals surface area contributed by atoms with Crippen molar-refractivity contribution >= 4 is 38.9 Å². The fraction of sp³-hybridized carbons (Fsp3) is 0.158. The van der Waals surface area contributed by atoms with Crippen molar-refractivity contribution in [2.75, 3.05) is 11.9 Å². The van der Waals surface area contributed by atoms with Gasteiger partial charge in [-0.3, -0.25) is 9.59 Å². The summed E-state index contributed by atoms with van der Waals surface area (Å²) in [6.07, 6.45) is 0. The van der Waals surface area contributed by atoms with E-state index in [1.807, 2.05) is 62.4 Å². The molecule has 2 aromatic carbocycles. The molecule has 0 atom stereocenters. The Balaban J connectivity index is 1.62. The van der Waals surface area contributed by atoms with E-state index in [0.717, 1.165) is 26.9 Å². The average Bonchev–Trinajstić information content (AvgIpc) is 3.00. The standard InChI is InChI=1S/C19H18N2O2S/c1-12-6-5-7-13(2)18(12)21-17(22)11-20-19(23)16-10-14-8-3-4-9-15(14)24-16/h3-10H,11H2,1-2H3,(H,20,23)(H,21,22). The minimum atomic E-state index is -0.234. The average molecular weight is 338 g/mol. The molecule has 122 valence electrons. The van der Waals surface area contributed by atoms with Crippen LogP contribution in [0.5, 0.6) is 0 Å². The zero-order valence-corrected chi connectivity index (χ0v) is 14.4. The van der Waals surface area contributed by atoms with Gasteiger partial charge >= 0.3 is 0 Å². The van der Waals surface area contributed by atoms with Gasteiger partial charge in [-0.1, -0.05) is 36.4 Å². The molecule has 2 N–H and O–H groups in total. The molecule has 0 aliphatic heterocycles. The van der Waals surface area contributed by atoms with Crippen LogP contribution in [0.3, 0.4) is 0 Å². The zero-order chi connectivity index (χ0) is 17.1. The van der Waals surface area contributed by atoms with E-state index in [4.69, 9.17) is 0 Å². The molecule has 0 saturated heterocycles. The summed E-state index contributed by atoms with van der Waals surface area (Å²) in [6, 6.07) is 15.5. The Bertz CT molecular complexity index is 861. The lowest BCUT2D eigenvalue weighted by Gasteiger charge is -2.11. The second-order valence-corrected chi connectivity index (χ2v) is 6.73. The van der Waals surface area contributed by atoms with Gasteiger partial charge in [-0.2, -0.15) is 0 Å². The Morgan fingerprint density at radius 1 is 1.00 bits per heavy atom. The van der Waals surface area contributed by atoms with Crippen LogP contribution in [0.4, 0.5) is 5.69 Å². The third kappa shape index (κ3) is 3.46. The van der Waals surface area contributed by atoms with Crippen LogP contribution >= 0.6 is 11.3 Å². The number of benzene rings is 2. The van der Waals surface area contributed by atoms with E-state index in [2.05, 4.69) is 10.6 Å². The van der Waals surface area contributed by atoms with Crippen molar-refractivity contribution in [3.8, 4) is 0 Å². The van der Waals surface area contributed by atoms with Crippen LogP contribution in [0, 0.1) is 13.8 Å². The van der Waals surface area contributed by atoms with Gasteiger partial charge in [0.2, 0.25) is 5.91 Å². The molecule has 0 aliphatic carbocycles. The lowest BCUT2D eigenvalue weighted by atomic mass is 10.1. The van der Waals surface area contributed by atoms with Crippen LogP contribution in [0.15, 0.2) is 48.5 Å². The Labute approximate surface area is 144 Å². The summed E-state index contributed by atoms with van der Waals surface area (Å²) >= 11 is 1.42. The lowest BCUT2D eigenvalue weighted by Crippen LogP contribution is -2.32. The maximum Gasteiger partial charge on any atom is 0.261 e. The molecule has 2 amide bonds. The van der Waals surface area contributed by atoms with Gasteiger partial charge in [-0.05, 0) is 42.5 Å². The molecule has 0 saturated carbocycles. The number of carbonyl (C=O) groups excluding carboxylic acids is 2. The first-order valence-electron chi connectivity index (χ1n) is 7.67. The van der Waals surface area contributed by atoms with E-state index in [-0.39, 0.29) is 18.4 Å². The van der Waals surface area contributed by atoms with Gasteiger partial charge in [0.15, 0.2) is 0 Å². The number of carbonyl (C=O) groups is 2. The molecule has 0 unspecified atom stereocenters. The molecule has 0 spiro atoms. The molecule has 3 aromatic rings. The summed E-state index contributed by atoms with van der Waals surface area (Å²) in [5, 5.41) is 6.57. The van der Waals surface area contributed by atoms with Gasteiger partial charge in [-0.15, -0.1) is 11.3 Å². The molecule has 4 nitrogen and oxygen atoms in total. The largest absolute Gasteiger partial charge is 0.342 e. The highest BCUT2D eigenvalue weighted by molar-refractivity contribution is 7.20. The van der Waals surface area contributed by atoms with Crippen LogP contribution in [0.1, 0.15) is 20.8 Å². The third-order valence-corrected chi connectivity index (χ3v) is 4.92. The molecular formula is C19H18N2O2S. The number of para-hydroxylation sites is 1. The van der Waals surface area contributed by atoms with E-state index in [9.17, 15) is 9.59 Å². The summed E-state index contributed by atoms with van der Waals surface area (Å²) < 4.78 is 1.06. The second-order valence-electron chi connectivity index (χ2n) is 5.65. The smallest absolute Gasteiger partial charge is 0.261 e. The van der Waals surface area contributed by atoms with E-state index < -0.39 is 0 Å². The maximum atomic E-state index is 12.2. The predicted octanol–water partition coefficient (Wildman–Crippen LogP) is 3.89. The highest BCUT2D eigenvalue weighted by atomic mass is 32.1. The van der Waals surface area contributed by atoms with Crippen LogP contribution in [-0.4, -0.2) is 18.4 Å². The molecular weight excluding hydrogens is 320 g/mol. The van der Waals surface area contributed by atoms with E-state index in [1.54, 1.807) is 0 Å². The van der Waals surface area contributed by atoms with Crippen molar-refractivity contribution in [3.63, 3.8) is 0 Å². The van der Waals surface area contributed by atoms with Gasteiger partial charge in [0.25, 0.3) is 5.91 Å². The van der Waals surface area contributed by atoms with Crippen molar-refractivity contribution in [3.05, 3.63) is 64.5 Å². The summed E-state index contributed by atoms with van der Waals surface area (Å²) in [5.74, 6) is -0.463. The van der Waals surface area contributed by atoms with Gasteiger partial charge in [-0.25, -0.2) is 0 Å². The van der Waals surface area contributed by atoms with Crippen LogP contribution in [0.25, 0.3) is 10.1 Å². The molecule has 0 fully saturated rings. The highest BCUT2D eigenvalue weighted by Gasteiger charge is 2.12. The Kier molecular flexibility index (Phi) is 4.62. The molecule has 24 heavy (non-hydrogen) atoms. The van der Waals surface area contributed by atoms with Crippen molar-refractivity contribution in [2.45, 2.75) is 13.8 Å². The number of rotatable bonds is 4. The number of thiophene rings is 1. The molecule has 3 rings (SSSR count). The first kappa shape index (κ1) is 16.2. The van der Waals surface area contributed by atoms with Crippen LogP contribution in [0.2, 0.25) is 0 Å². The van der Waals surface area contributed by atoms with E-state index in [1.165, 1.54) is 11.3 Å². The zero-order valence-electron chi connectivity index (χ0n) is 13.6. The number of fused-ring (bicyclic) bond motifs is 1. The summed E-state index contributed by atoms with van der Waals surface area (Å²) in [6.45, 7) is 3.83. The fourth-order valence-electron chi connectivity index (χ4n) is 2.54. The molecule has 1 aromatic heterocycles. The maximum absolute atomic E-state index is 12.2. The molecule has 0 radical (unpaired) electrons. The van der Waals surface area contributed by atoms with Crippen molar-refractivity contribution < 1.29 is 9.59 Å². The Morgan fingerprint density at radius 2 is 1.71 bits per heavy atom. The Morgan fingerprint density at radius 3 is 2.42 bits per heavy atom. The molecule has 5 heteroatoms. The van der Waals surface area contributed by atoms with Gasteiger partial charge in [0, 0.05) is 10.4 Å². The molecule has 0 bridgehead atoms. The number of amides is 2. The topological polar surface area (TPSA) is 58.2 Å². The number of nitrogens with one attached hydrogen (secondary N) is 2. The SMILES string of the molecule is Cc1cccc(C)c1NC(=O)CNC(=O)c1cc2ccccc2s1. The van der Waals surface area contributed by atoms with Gasteiger partial charge in [0.05, 0.1) is 11.4 Å². The Hall–Kier alpha value is -2.66. The lowest BCUT2D eigenvalue weighted by molar-refractivity contribution is -0.115. The summed E-state index contributed by atoms with van der Waals surface area (Å²) in [5.41, 5.74) is 2.80. The van der Waals surface area contributed by atoms with Gasteiger partial charge in [0.1, 0.15) is 0 Å². The van der Waals surface area contributed by atoms with Crippen LogP contribution < -0.4 is 10.6 Å². The van der Waals surface area contributed by atoms with E-state index in [0.29, 0.717) is 4.88 Å². The second kappa shape index (κ2) is 6.84. The highest BCUT2D eigenvalue weighted by Crippen LogP contribution is 2.25. The quantitative estimate of drug-likeness (QED) is 0.758. The number of hydrogen-bond donors (Lipinski definition) is 2. The number of aryl methyl sites for hydroxylation is 2.